The van der Waals surface area contributed by atoms with Gasteiger partial charge in [0.1, 0.15) is 5.82 Å². The lowest BCUT2D eigenvalue weighted by Crippen LogP contribution is -2.38. The number of aliphatic hydroxyl groups is 1. The maximum atomic E-state index is 14.2. The third-order valence-corrected chi connectivity index (χ3v) is 7.13. The molecular weight excluding hydrogens is 578 g/mol. The lowest BCUT2D eigenvalue weighted by atomic mass is 10.0. The zero-order valence-electron chi connectivity index (χ0n) is 24.7. The average molecular weight is 618 g/mol. The zero-order chi connectivity index (χ0) is 32.0. The predicted molar refractivity (Wildman–Crippen MR) is 159 cm³/mol. The molecule has 12 heteroatoms. The molecule has 3 heterocycles. The molecular formula is C32H39F4N5O3. The number of nitrogens with zero attached hydrogens (tertiary/aromatic N) is 3. The van der Waals surface area contributed by atoms with E-state index in [-0.39, 0.29) is 36.5 Å². The van der Waals surface area contributed by atoms with Crippen LogP contribution in [0.3, 0.4) is 0 Å². The first kappa shape index (κ1) is 34.6. The van der Waals surface area contributed by atoms with Gasteiger partial charge in [0.15, 0.2) is 0 Å². The van der Waals surface area contributed by atoms with Crippen LogP contribution in [-0.4, -0.2) is 70.6 Å². The number of likely N-dealkylation sites (tertiary alicyclic amines) is 1. The molecule has 0 spiro atoms. The average Bonchev–Trinajstić information content (AvgIpc) is 3.57. The number of carbonyl (C=O) groups is 2. The molecule has 2 amide bonds. The van der Waals surface area contributed by atoms with E-state index in [0.29, 0.717) is 30.8 Å². The van der Waals surface area contributed by atoms with Crippen LogP contribution in [0, 0.1) is 5.82 Å². The second kappa shape index (κ2) is 17.4. The van der Waals surface area contributed by atoms with Crippen LogP contribution in [0.4, 0.5) is 17.6 Å². The molecule has 0 radical (unpaired) electrons. The van der Waals surface area contributed by atoms with Gasteiger partial charge in [-0.1, -0.05) is 19.1 Å². The number of rotatable bonds is 12. The van der Waals surface area contributed by atoms with Crippen LogP contribution in [0.25, 0.3) is 11.3 Å². The molecule has 3 N–H and O–H groups in total. The third-order valence-electron chi connectivity index (χ3n) is 7.13. The van der Waals surface area contributed by atoms with Crippen LogP contribution in [0.5, 0.6) is 0 Å². The minimum Gasteiger partial charge on any atom is -0.396 e. The first-order valence-electron chi connectivity index (χ1n) is 14.8. The van der Waals surface area contributed by atoms with Crippen LogP contribution in [-0.2, 0) is 17.4 Å². The minimum atomic E-state index is -4.50. The molecule has 1 aliphatic rings. The van der Waals surface area contributed by atoms with E-state index in [0.717, 1.165) is 56.5 Å². The fourth-order valence-corrected chi connectivity index (χ4v) is 4.81. The summed E-state index contributed by atoms with van der Waals surface area (Å²) in [5.41, 5.74) is 0.905. The van der Waals surface area contributed by atoms with Crippen molar-refractivity contribution in [1.29, 1.82) is 0 Å². The van der Waals surface area contributed by atoms with E-state index >= 15 is 0 Å². The van der Waals surface area contributed by atoms with Gasteiger partial charge in [-0.15, -0.1) is 0 Å². The predicted octanol–water partition coefficient (Wildman–Crippen LogP) is 5.02. The molecule has 4 rings (SSSR count). The van der Waals surface area contributed by atoms with E-state index in [9.17, 15) is 27.2 Å². The smallest absolute Gasteiger partial charge is 0.396 e. The van der Waals surface area contributed by atoms with E-state index in [1.54, 1.807) is 17.3 Å². The van der Waals surface area contributed by atoms with Gasteiger partial charge in [0.05, 0.1) is 23.5 Å². The standard InChI is InChI=1S/C18H24FN3O.C14H15F3N2O2/c1-2-20-15(9-11-23)6-5-8-18-16(19)12-14(13-22-18)17-7-3-4-10-21-17;15-14(16,17)11-5-3-4-10(8-11)13(21)18-9-12(20)19-6-1-2-7-19/h3-4,7,10,12-13,15,20,23H,2,5-6,8-9,11H2,1H3;3-5,8H,1-2,6-7,9H2,(H,18,21)/t15-;/m0./s1. The molecule has 44 heavy (non-hydrogen) atoms. The van der Waals surface area contributed by atoms with Crippen molar-refractivity contribution in [2.75, 3.05) is 32.8 Å². The van der Waals surface area contributed by atoms with Crippen molar-refractivity contribution in [2.24, 2.45) is 0 Å². The minimum absolute atomic E-state index is 0.112. The Labute approximate surface area is 254 Å². The number of alkyl halides is 3. The number of aliphatic hydroxyl groups excluding tert-OH is 1. The summed E-state index contributed by atoms with van der Waals surface area (Å²) in [6.07, 6.45) is 3.80. The maximum Gasteiger partial charge on any atom is 0.416 e. The van der Waals surface area contributed by atoms with Crippen molar-refractivity contribution in [3.8, 4) is 11.3 Å². The Balaban J connectivity index is 0.000000241. The SMILES string of the molecule is CCN[C@H](CCO)CCCc1ncc(-c2ccccn2)cc1F.O=C(NCC(=O)N1CCCC1)c1cccc(C(F)(F)F)c1. The molecule has 3 aromatic rings. The van der Waals surface area contributed by atoms with E-state index < -0.39 is 17.6 Å². The lowest BCUT2D eigenvalue weighted by Gasteiger charge is -2.16. The second-order valence-electron chi connectivity index (χ2n) is 10.4. The summed E-state index contributed by atoms with van der Waals surface area (Å²) in [5.74, 6) is -1.18. The Morgan fingerprint density at radius 1 is 1.05 bits per heavy atom. The number of benzene rings is 1. The Morgan fingerprint density at radius 3 is 2.45 bits per heavy atom. The van der Waals surface area contributed by atoms with E-state index in [2.05, 4.69) is 20.6 Å². The molecule has 1 aromatic carbocycles. The van der Waals surface area contributed by atoms with Crippen LogP contribution in [0.1, 0.15) is 60.6 Å². The quantitative estimate of drug-likeness (QED) is 0.247. The van der Waals surface area contributed by atoms with Crippen molar-refractivity contribution < 1.29 is 32.3 Å². The number of aromatic nitrogens is 2. The van der Waals surface area contributed by atoms with Crippen LogP contribution < -0.4 is 10.6 Å². The summed E-state index contributed by atoms with van der Waals surface area (Å²) in [4.78, 5) is 33.6. The highest BCUT2D eigenvalue weighted by molar-refractivity contribution is 5.96. The fourth-order valence-electron chi connectivity index (χ4n) is 4.81. The third kappa shape index (κ3) is 11.0. The van der Waals surface area contributed by atoms with Gasteiger partial charge in [0, 0.05) is 49.3 Å². The Morgan fingerprint density at radius 2 is 1.82 bits per heavy atom. The summed E-state index contributed by atoms with van der Waals surface area (Å²) in [6, 6.07) is 11.4. The highest BCUT2D eigenvalue weighted by Gasteiger charge is 2.31. The van der Waals surface area contributed by atoms with E-state index in [1.807, 2.05) is 25.1 Å². The molecule has 2 aromatic heterocycles. The summed E-state index contributed by atoms with van der Waals surface area (Å²) in [6.45, 7) is 4.21. The Hall–Kier alpha value is -3.90. The lowest BCUT2D eigenvalue weighted by molar-refractivity contribution is -0.137. The van der Waals surface area contributed by atoms with Crippen molar-refractivity contribution >= 4 is 11.8 Å². The fraction of sp³-hybridized carbons (Fsp3) is 0.438. The zero-order valence-corrected chi connectivity index (χ0v) is 24.7. The number of halogens is 4. The molecule has 1 aliphatic heterocycles. The van der Waals surface area contributed by atoms with Crippen molar-refractivity contribution in [3.63, 3.8) is 0 Å². The van der Waals surface area contributed by atoms with Gasteiger partial charge in [-0.05, 0) is 81.5 Å². The van der Waals surface area contributed by atoms with E-state index in [1.165, 1.54) is 18.2 Å². The summed E-state index contributed by atoms with van der Waals surface area (Å²) in [7, 11) is 0. The van der Waals surface area contributed by atoms with E-state index in [4.69, 9.17) is 5.11 Å². The number of hydrogen-bond donors (Lipinski definition) is 3. The van der Waals surface area contributed by atoms with Gasteiger partial charge < -0.3 is 20.6 Å². The largest absolute Gasteiger partial charge is 0.416 e. The summed E-state index contributed by atoms with van der Waals surface area (Å²) < 4.78 is 51.9. The number of aryl methyl sites for hydroxylation is 1. The molecule has 238 valence electrons. The van der Waals surface area contributed by atoms with Crippen molar-refractivity contribution in [1.82, 2.24) is 25.5 Å². The van der Waals surface area contributed by atoms with Crippen molar-refractivity contribution in [3.05, 3.63) is 83.6 Å². The first-order chi connectivity index (χ1) is 21.1. The molecule has 0 bridgehead atoms. The molecule has 0 unspecified atom stereocenters. The molecule has 0 saturated carbocycles. The summed E-state index contributed by atoms with van der Waals surface area (Å²) >= 11 is 0. The van der Waals surface area contributed by atoms with Crippen LogP contribution in [0.15, 0.2) is 60.9 Å². The van der Waals surface area contributed by atoms with Crippen molar-refractivity contribution in [2.45, 2.75) is 57.7 Å². The van der Waals surface area contributed by atoms with Gasteiger partial charge in [0.2, 0.25) is 5.91 Å². The summed E-state index contributed by atoms with van der Waals surface area (Å²) in [5, 5.41) is 14.7. The number of hydrogen-bond acceptors (Lipinski definition) is 6. The first-order valence-corrected chi connectivity index (χ1v) is 14.8. The number of amides is 2. The van der Waals surface area contributed by atoms with Gasteiger partial charge in [-0.3, -0.25) is 19.6 Å². The number of carbonyl (C=O) groups excluding carboxylic acids is 2. The van der Waals surface area contributed by atoms with Crippen LogP contribution in [0.2, 0.25) is 0 Å². The highest BCUT2D eigenvalue weighted by atomic mass is 19.4. The molecule has 1 fully saturated rings. The monoisotopic (exact) mass is 617 g/mol. The number of nitrogens with one attached hydrogen (secondary N) is 2. The maximum absolute atomic E-state index is 14.2. The molecule has 8 nitrogen and oxygen atoms in total. The molecule has 1 saturated heterocycles. The normalized spacial score (nSPS) is 13.6. The Bertz CT molecular complexity index is 1330. The molecule has 0 aliphatic carbocycles. The van der Waals surface area contributed by atoms with Gasteiger partial charge >= 0.3 is 6.18 Å². The number of pyridine rings is 2. The highest BCUT2D eigenvalue weighted by Crippen LogP contribution is 2.29. The topological polar surface area (TPSA) is 107 Å². The van der Waals surface area contributed by atoms with Gasteiger partial charge in [-0.25, -0.2) is 4.39 Å². The second-order valence-corrected chi connectivity index (χ2v) is 10.4. The Kier molecular flexibility index (Phi) is 13.7. The molecule has 1 atom stereocenters. The van der Waals surface area contributed by atoms with Gasteiger partial charge in [0.25, 0.3) is 5.91 Å². The van der Waals surface area contributed by atoms with Gasteiger partial charge in [-0.2, -0.15) is 13.2 Å². The van der Waals surface area contributed by atoms with Crippen LogP contribution >= 0.6 is 0 Å².